The molecule has 0 bridgehead atoms. The fourth-order valence-electron chi connectivity index (χ4n) is 1.49. The maximum atomic E-state index is 12.0. The number of carboxylic acid groups (broad SMARTS) is 1. The monoisotopic (exact) mass is 270 g/mol. The van der Waals surface area contributed by atoms with Crippen molar-refractivity contribution in [3.63, 3.8) is 0 Å². The van der Waals surface area contributed by atoms with Crippen molar-refractivity contribution < 1.29 is 14.7 Å². The van der Waals surface area contributed by atoms with E-state index >= 15 is 0 Å². The average Bonchev–Trinajstić information content (AvgIpc) is 2.61. The lowest BCUT2D eigenvalue weighted by molar-refractivity contribution is -0.138. The van der Waals surface area contributed by atoms with Gasteiger partial charge in [-0.25, -0.2) is 4.98 Å². The van der Waals surface area contributed by atoms with Crippen molar-refractivity contribution in [1.29, 1.82) is 0 Å². The van der Waals surface area contributed by atoms with Gasteiger partial charge in [-0.15, -0.1) is 11.3 Å². The second kappa shape index (κ2) is 5.48. The second-order valence-electron chi connectivity index (χ2n) is 5.26. The predicted octanol–water partition coefficient (Wildman–Crippen LogP) is 2.07. The number of carbonyl (C=O) groups is 2. The van der Waals surface area contributed by atoms with E-state index in [-0.39, 0.29) is 17.7 Å². The molecule has 1 atom stereocenters. The van der Waals surface area contributed by atoms with E-state index in [2.05, 4.69) is 10.3 Å². The largest absolute Gasteiger partial charge is 0.481 e. The number of amides is 1. The van der Waals surface area contributed by atoms with E-state index in [1.807, 2.05) is 20.8 Å². The molecule has 0 fully saturated rings. The minimum absolute atomic E-state index is 0.0902. The van der Waals surface area contributed by atoms with Crippen LogP contribution in [0.4, 0.5) is 0 Å². The maximum absolute atomic E-state index is 12.0. The van der Waals surface area contributed by atoms with Gasteiger partial charge in [0.25, 0.3) is 5.91 Å². The maximum Gasteiger partial charge on any atom is 0.305 e. The molecule has 0 saturated carbocycles. The summed E-state index contributed by atoms with van der Waals surface area (Å²) in [4.78, 5) is 27.4. The molecule has 1 aromatic rings. The molecule has 0 aliphatic heterocycles. The number of nitrogens with one attached hydrogen (secondary N) is 1. The number of hydrogen-bond donors (Lipinski definition) is 2. The number of rotatable bonds is 4. The lowest BCUT2D eigenvalue weighted by Crippen LogP contribution is -2.45. The highest BCUT2D eigenvalue weighted by atomic mass is 32.1. The Hall–Kier alpha value is -1.43. The Morgan fingerprint density at radius 2 is 2.11 bits per heavy atom. The average molecular weight is 270 g/mol. The molecule has 18 heavy (non-hydrogen) atoms. The van der Waals surface area contributed by atoms with Gasteiger partial charge in [0.05, 0.1) is 17.6 Å². The Morgan fingerprint density at radius 1 is 1.50 bits per heavy atom. The Bertz CT molecular complexity index is 448. The standard InChI is InChI=1S/C12H18N2O3S/c1-7-10(18-6-13-7)11(17)14-8(5-9(15)16)12(2,3)4/h6,8H,5H2,1-4H3,(H,14,17)(H,15,16). The first-order chi connectivity index (χ1) is 8.21. The van der Waals surface area contributed by atoms with Crippen molar-refractivity contribution in [2.45, 2.75) is 40.2 Å². The predicted molar refractivity (Wildman–Crippen MR) is 69.8 cm³/mol. The highest BCUT2D eigenvalue weighted by molar-refractivity contribution is 7.11. The Balaban J connectivity index is 2.82. The van der Waals surface area contributed by atoms with Crippen molar-refractivity contribution in [2.24, 2.45) is 5.41 Å². The zero-order valence-electron chi connectivity index (χ0n) is 11.0. The van der Waals surface area contributed by atoms with Gasteiger partial charge in [-0.3, -0.25) is 9.59 Å². The van der Waals surface area contributed by atoms with E-state index in [9.17, 15) is 9.59 Å². The van der Waals surface area contributed by atoms with Crippen LogP contribution in [-0.4, -0.2) is 28.0 Å². The normalized spacial score (nSPS) is 13.1. The molecular formula is C12H18N2O3S. The molecule has 2 N–H and O–H groups in total. The third kappa shape index (κ3) is 3.80. The third-order valence-corrected chi connectivity index (χ3v) is 3.61. The second-order valence-corrected chi connectivity index (χ2v) is 6.11. The molecule has 100 valence electrons. The summed E-state index contributed by atoms with van der Waals surface area (Å²) in [5, 5.41) is 11.7. The van der Waals surface area contributed by atoms with Crippen molar-refractivity contribution >= 4 is 23.2 Å². The van der Waals surface area contributed by atoms with Crippen LogP contribution in [0.2, 0.25) is 0 Å². The third-order valence-electron chi connectivity index (χ3n) is 2.68. The molecule has 0 aliphatic rings. The SMILES string of the molecule is Cc1ncsc1C(=O)NC(CC(=O)O)C(C)(C)C. The highest BCUT2D eigenvalue weighted by Gasteiger charge is 2.29. The van der Waals surface area contributed by atoms with Gasteiger partial charge >= 0.3 is 5.97 Å². The van der Waals surface area contributed by atoms with Crippen molar-refractivity contribution in [3.05, 3.63) is 16.1 Å². The van der Waals surface area contributed by atoms with E-state index in [0.717, 1.165) is 0 Å². The van der Waals surface area contributed by atoms with Crippen LogP contribution in [0, 0.1) is 12.3 Å². The van der Waals surface area contributed by atoms with Gasteiger partial charge in [0.2, 0.25) is 0 Å². The first kappa shape index (κ1) is 14.6. The van der Waals surface area contributed by atoms with Gasteiger partial charge in [-0.2, -0.15) is 0 Å². The fraction of sp³-hybridized carbons (Fsp3) is 0.583. The van der Waals surface area contributed by atoms with E-state index in [0.29, 0.717) is 10.6 Å². The van der Waals surface area contributed by atoms with Crippen LogP contribution in [0.25, 0.3) is 0 Å². The van der Waals surface area contributed by atoms with Gasteiger partial charge < -0.3 is 10.4 Å². The Labute approximate surface area is 110 Å². The molecule has 1 heterocycles. The minimum Gasteiger partial charge on any atom is -0.481 e. The molecule has 0 spiro atoms. The van der Waals surface area contributed by atoms with Gasteiger partial charge in [-0.05, 0) is 12.3 Å². The summed E-state index contributed by atoms with van der Waals surface area (Å²) in [5.74, 6) is -1.17. The lowest BCUT2D eigenvalue weighted by Gasteiger charge is -2.30. The summed E-state index contributed by atoms with van der Waals surface area (Å²) in [7, 11) is 0. The number of aryl methyl sites for hydroxylation is 1. The summed E-state index contributed by atoms with van der Waals surface area (Å²) >= 11 is 1.26. The molecule has 0 radical (unpaired) electrons. The van der Waals surface area contributed by atoms with Crippen LogP contribution < -0.4 is 5.32 Å². The number of carboxylic acids is 1. The number of aliphatic carboxylic acids is 1. The first-order valence-corrected chi connectivity index (χ1v) is 6.52. The number of thiazole rings is 1. The Morgan fingerprint density at radius 3 is 2.50 bits per heavy atom. The van der Waals surface area contributed by atoms with Crippen LogP contribution in [0.1, 0.15) is 42.6 Å². The number of carbonyl (C=O) groups excluding carboxylic acids is 1. The highest BCUT2D eigenvalue weighted by Crippen LogP contribution is 2.23. The molecule has 0 saturated heterocycles. The van der Waals surface area contributed by atoms with Crippen LogP contribution in [0.15, 0.2) is 5.51 Å². The van der Waals surface area contributed by atoms with Crippen LogP contribution >= 0.6 is 11.3 Å². The molecule has 1 rings (SSSR count). The molecule has 6 heteroatoms. The van der Waals surface area contributed by atoms with E-state index in [4.69, 9.17) is 5.11 Å². The first-order valence-electron chi connectivity index (χ1n) is 5.64. The van der Waals surface area contributed by atoms with Crippen LogP contribution in [-0.2, 0) is 4.79 Å². The number of hydrogen-bond acceptors (Lipinski definition) is 4. The van der Waals surface area contributed by atoms with Crippen molar-refractivity contribution in [1.82, 2.24) is 10.3 Å². The zero-order valence-corrected chi connectivity index (χ0v) is 11.8. The van der Waals surface area contributed by atoms with E-state index < -0.39 is 12.0 Å². The molecule has 0 aromatic carbocycles. The van der Waals surface area contributed by atoms with Crippen molar-refractivity contribution in [2.75, 3.05) is 0 Å². The molecule has 1 aromatic heterocycles. The van der Waals surface area contributed by atoms with Gasteiger partial charge in [-0.1, -0.05) is 20.8 Å². The molecule has 0 aliphatic carbocycles. The van der Waals surface area contributed by atoms with Gasteiger partial charge in [0, 0.05) is 6.04 Å². The summed E-state index contributed by atoms with van der Waals surface area (Å²) < 4.78 is 0. The summed E-state index contributed by atoms with van der Waals surface area (Å²) in [6.07, 6.45) is -0.0902. The minimum atomic E-state index is -0.920. The van der Waals surface area contributed by atoms with Crippen molar-refractivity contribution in [3.8, 4) is 0 Å². The van der Waals surface area contributed by atoms with E-state index in [1.54, 1.807) is 12.4 Å². The van der Waals surface area contributed by atoms with Crippen LogP contribution in [0.5, 0.6) is 0 Å². The van der Waals surface area contributed by atoms with E-state index in [1.165, 1.54) is 11.3 Å². The summed E-state index contributed by atoms with van der Waals surface area (Å²) in [5.41, 5.74) is 1.96. The molecule has 1 unspecified atom stereocenters. The number of aromatic nitrogens is 1. The molecule has 5 nitrogen and oxygen atoms in total. The smallest absolute Gasteiger partial charge is 0.305 e. The summed E-state index contributed by atoms with van der Waals surface area (Å²) in [6, 6.07) is -0.413. The summed E-state index contributed by atoms with van der Waals surface area (Å²) in [6.45, 7) is 7.47. The zero-order chi connectivity index (χ0) is 13.9. The fourth-order valence-corrected chi connectivity index (χ4v) is 2.20. The van der Waals surface area contributed by atoms with Crippen LogP contribution in [0.3, 0.4) is 0 Å². The lowest BCUT2D eigenvalue weighted by atomic mass is 9.84. The molecule has 1 amide bonds. The van der Waals surface area contributed by atoms with Gasteiger partial charge in [0.1, 0.15) is 4.88 Å². The Kier molecular flexibility index (Phi) is 4.45. The quantitative estimate of drug-likeness (QED) is 0.877. The van der Waals surface area contributed by atoms with Gasteiger partial charge in [0.15, 0.2) is 0 Å². The topological polar surface area (TPSA) is 79.3 Å². The molecular weight excluding hydrogens is 252 g/mol. The number of nitrogens with zero attached hydrogens (tertiary/aromatic N) is 1.